The number of amides is 1. The van der Waals surface area contributed by atoms with Gasteiger partial charge in [0.1, 0.15) is 31.1 Å². The zero-order chi connectivity index (χ0) is 17.5. The lowest BCUT2D eigenvalue weighted by molar-refractivity contribution is -0.124. The number of rotatable bonds is 7. The molecule has 2 aromatic carbocycles. The summed E-state index contributed by atoms with van der Waals surface area (Å²) in [5.74, 6) is 0.735. The van der Waals surface area contributed by atoms with Crippen molar-refractivity contribution in [3.63, 3.8) is 0 Å². The van der Waals surface area contributed by atoms with Crippen molar-refractivity contribution in [2.45, 2.75) is 26.1 Å². The summed E-state index contributed by atoms with van der Waals surface area (Å²) in [6.07, 6.45) is 2.95. The lowest BCUT2D eigenvalue weighted by Gasteiger charge is -2.13. The van der Waals surface area contributed by atoms with Crippen molar-refractivity contribution in [1.82, 2.24) is 20.1 Å². The van der Waals surface area contributed by atoms with Crippen LogP contribution in [0, 0.1) is 0 Å². The number of carbonyl (C=O) groups excluding carboxylic acids is 1. The highest BCUT2D eigenvalue weighted by molar-refractivity contribution is 5.79. The molecule has 128 valence electrons. The van der Waals surface area contributed by atoms with Crippen LogP contribution in [0.25, 0.3) is 0 Å². The lowest BCUT2D eigenvalue weighted by Crippen LogP contribution is -2.30. The summed E-state index contributed by atoms with van der Waals surface area (Å²) in [6.45, 7) is 2.73. The number of ether oxygens (including phenoxy) is 1. The van der Waals surface area contributed by atoms with Crippen molar-refractivity contribution in [2.24, 2.45) is 0 Å². The summed E-state index contributed by atoms with van der Waals surface area (Å²) < 4.78 is 7.28. The molecule has 1 unspecified atom stereocenters. The van der Waals surface area contributed by atoms with Crippen LogP contribution in [-0.2, 0) is 17.9 Å². The molecule has 6 heteroatoms. The first-order valence-corrected chi connectivity index (χ1v) is 8.10. The van der Waals surface area contributed by atoms with Crippen molar-refractivity contribution < 1.29 is 9.53 Å². The monoisotopic (exact) mass is 336 g/mol. The first-order valence-electron chi connectivity index (χ1n) is 8.10. The van der Waals surface area contributed by atoms with E-state index in [4.69, 9.17) is 4.74 Å². The average Bonchev–Trinajstić information content (AvgIpc) is 3.20. The van der Waals surface area contributed by atoms with Gasteiger partial charge in [-0.25, -0.2) is 9.67 Å². The number of benzene rings is 2. The van der Waals surface area contributed by atoms with E-state index in [1.165, 1.54) is 17.3 Å². The summed E-state index contributed by atoms with van der Waals surface area (Å²) in [5.41, 5.74) is 2.08. The Hall–Kier alpha value is -3.15. The van der Waals surface area contributed by atoms with Crippen molar-refractivity contribution in [3.8, 4) is 5.75 Å². The molecule has 25 heavy (non-hydrogen) atoms. The van der Waals surface area contributed by atoms with E-state index in [0.29, 0.717) is 13.2 Å². The lowest BCUT2D eigenvalue weighted by atomic mass is 10.1. The zero-order valence-corrected chi connectivity index (χ0v) is 14.0. The van der Waals surface area contributed by atoms with Gasteiger partial charge >= 0.3 is 0 Å². The Balaban J connectivity index is 1.54. The second-order valence-corrected chi connectivity index (χ2v) is 5.69. The number of hydrogen-bond donors (Lipinski definition) is 1. The summed E-state index contributed by atoms with van der Waals surface area (Å²) in [4.78, 5) is 16.0. The van der Waals surface area contributed by atoms with Gasteiger partial charge in [0.25, 0.3) is 0 Å². The molecule has 0 spiro atoms. The predicted molar refractivity (Wildman–Crippen MR) is 93.8 cm³/mol. The van der Waals surface area contributed by atoms with Gasteiger partial charge in [-0.05, 0) is 30.2 Å². The Morgan fingerprint density at radius 3 is 2.72 bits per heavy atom. The smallest absolute Gasteiger partial charge is 0.244 e. The van der Waals surface area contributed by atoms with Crippen LogP contribution in [-0.4, -0.2) is 20.7 Å². The van der Waals surface area contributed by atoms with E-state index in [-0.39, 0.29) is 5.91 Å². The van der Waals surface area contributed by atoms with Crippen molar-refractivity contribution >= 4 is 5.91 Å². The summed E-state index contributed by atoms with van der Waals surface area (Å²) in [5, 5.41) is 6.91. The standard InChI is InChI=1S/C19H20N4O2/c1-15(23-14-20-13-22-23)19(24)21-11-16-6-5-7-17(10-16)12-25-18-8-3-2-4-9-18/h2-10,13-15H,11-12H2,1H3,(H,21,24). The van der Waals surface area contributed by atoms with Crippen molar-refractivity contribution in [3.05, 3.63) is 78.4 Å². The maximum Gasteiger partial charge on any atom is 0.244 e. The molecule has 0 aliphatic rings. The molecule has 0 aliphatic heterocycles. The highest BCUT2D eigenvalue weighted by Crippen LogP contribution is 2.13. The third-order valence-electron chi connectivity index (χ3n) is 3.82. The molecule has 0 saturated carbocycles. The third-order valence-corrected chi connectivity index (χ3v) is 3.82. The van der Waals surface area contributed by atoms with E-state index in [9.17, 15) is 4.79 Å². The highest BCUT2D eigenvalue weighted by Gasteiger charge is 2.14. The molecular formula is C19H20N4O2. The molecule has 0 aliphatic carbocycles. The van der Waals surface area contributed by atoms with Crippen LogP contribution in [0.4, 0.5) is 0 Å². The normalized spacial score (nSPS) is 11.7. The van der Waals surface area contributed by atoms with Crippen LogP contribution in [0.2, 0.25) is 0 Å². The second kappa shape index (κ2) is 8.10. The minimum Gasteiger partial charge on any atom is -0.489 e. The fraction of sp³-hybridized carbons (Fsp3) is 0.211. The van der Waals surface area contributed by atoms with Crippen LogP contribution in [0.1, 0.15) is 24.1 Å². The molecule has 1 atom stereocenters. The van der Waals surface area contributed by atoms with Crippen LogP contribution >= 0.6 is 0 Å². The van der Waals surface area contributed by atoms with E-state index < -0.39 is 6.04 Å². The molecule has 1 heterocycles. The Labute approximate surface area is 146 Å². The van der Waals surface area contributed by atoms with Crippen LogP contribution < -0.4 is 10.1 Å². The maximum absolute atomic E-state index is 12.2. The van der Waals surface area contributed by atoms with Gasteiger partial charge in [0.2, 0.25) is 5.91 Å². The second-order valence-electron chi connectivity index (χ2n) is 5.69. The third kappa shape index (κ3) is 4.67. The van der Waals surface area contributed by atoms with Gasteiger partial charge in [-0.3, -0.25) is 4.79 Å². The molecule has 6 nitrogen and oxygen atoms in total. The van der Waals surface area contributed by atoms with E-state index in [1.54, 1.807) is 6.92 Å². The van der Waals surface area contributed by atoms with Gasteiger partial charge in [-0.2, -0.15) is 5.10 Å². The topological polar surface area (TPSA) is 69.0 Å². The molecule has 3 rings (SSSR count). The molecule has 0 saturated heterocycles. The van der Waals surface area contributed by atoms with E-state index >= 15 is 0 Å². The SMILES string of the molecule is CC(C(=O)NCc1cccc(COc2ccccc2)c1)n1cncn1. The Bertz CT molecular complexity index is 803. The largest absolute Gasteiger partial charge is 0.489 e. The first kappa shape index (κ1) is 16.7. The molecular weight excluding hydrogens is 316 g/mol. The molecule has 1 N–H and O–H groups in total. The summed E-state index contributed by atoms with van der Waals surface area (Å²) in [6, 6.07) is 17.3. The number of nitrogens with one attached hydrogen (secondary N) is 1. The zero-order valence-electron chi connectivity index (χ0n) is 14.0. The van der Waals surface area contributed by atoms with E-state index in [2.05, 4.69) is 15.4 Å². The predicted octanol–water partition coefficient (Wildman–Crippen LogP) is 2.73. The Kier molecular flexibility index (Phi) is 5.41. The van der Waals surface area contributed by atoms with E-state index in [0.717, 1.165) is 16.9 Å². The van der Waals surface area contributed by atoms with E-state index in [1.807, 2.05) is 54.6 Å². The quantitative estimate of drug-likeness (QED) is 0.720. The molecule has 0 bridgehead atoms. The molecule has 3 aromatic rings. The van der Waals surface area contributed by atoms with Crippen molar-refractivity contribution in [2.75, 3.05) is 0 Å². The number of para-hydroxylation sites is 1. The van der Waals surface area contributed by atoms with Gasteiger partial charge in [0.05, 0.1) is 0 Å². The van der Waals surface area contributed by atoms with Gasteiger partial charge in [0, 0.05) is 6.54 Å². The number of hydrogen-bond acceptors (Lipinski definition) is 4. The number of nitrogens with zero attached hydrogens (tertiary/aromatic N) is 3. The van der Waals surface area contributed by atoms with Gasteiger partial charge in [-0.15, -0.1) is 0 Å². The molecule has 1 amide bonds. The maximum atomic E-state index is 12.2. The van der Waals surface area contributed by atoms with Crippen LogP contribution in [0.15, 0.2) is 67.3 Å². The van der Waals surface area contributed by atoms with Gasteiger partial charge in [0.15, 0.2) is 0 Å². The Morgan fingerprint density at radius 2 is 1.96 bits per heavy atom. The van der Waals surface area contributed by atoms with Crippen LogP contribution in [0.5, 0.6) is 5.75 Å². The minimum absolute atomic E-state index is 0.101. The summed E-state index contributed by atoms with van der Waals surface area (Å²) >= 11 is 0. The Morgan fingerprint density at radius 1 is 1.16 bits per heavy atom. The first-order chi connectivity index (χ1) is 12.2. The number of carbonyl (C=O) groups is 1. The fourth-order valence-corrected chi connectivity index (χ4v) is 2.39. The summed E-state index contributed by atoms with van der Waals surface area (Å²) in [7, 11) is 0. The van der Waals surface area contributed by atoms with Crippen molar-refractivity contribution in [1.29, 1.82) is 0 Å². The molecule has 0 radical (unpaired) electrons. The average molecular weight is 336 g/mol. The molecule has 1 aromatic heterocycles. The minimum atomic E-state index is -0.396. The highest BCUT2D eigenvalue weighted by atomic mass is 16.5. The molecule has 0 fully saturated rings. The van der Waals surface area contributed by atoms with Crippen LogP contribution in [0.3, 0.4) is 0 Å². The number of aromatic nitrogens is 3. The fourth-order valence-electron chi connectivity index (χ4n) is 2.39. The van der Waals surface area contributed by atoms with Gasteiger partial charge < -0.3 is 10.1 Å². The van der Waals surface area contributed by atoms with Gasteiger partial charge in [-0.1, -0.05) is 42.5 Å².